The van der Waals surface area contributed by atoms with Crippen molar-refractivity contribution in [3.8, 4) is 0 Å². The third-order valence-electron chi connectivity index (χ3n) is 4.51. The fourth-order valence-corrected chi connectivity index (χ4v) is 3.80. The smallest absolute Gasteiger partial charge is 0.322 e. The fourth-order valence-electron chi connectivity index (χ4n) is 3.80. The SMILES string of the molecule is CCNC1CC2CCCC(C1)N2C(C)C(=O)OC. The van der Waals surface area contributed by atoms with Gasteiger partial charge in [-0.15, -0.1) is 0 Å². The van der Waals surface area contributed by atoms with Gasteiger partial charge in [0.15, 0.2) is 0 Å². The summed E-state index contributed by atoms with van der Waals surface area (Å²) in [5.41, 5.74) is 0. The average molecular weight is 254 g/mol. The molecule has 0 aromatic heterocycles. The van der Waals surface area contributed by atoms with E-state index >= 15 is 0 Å². The summed E-state index contributed by atoms with van der Waals surface area (Å²) in [6.07, 6.45) is 6.09. The zero-order valence-corrected chi connectivity index (χ0v) is 11.8. The molecular formula is C14H26N2O2. The molecule has 0 radical (unpaired) electrons. The van der Waals surface area contributed by atoms with Crippen molar-refractivity contribution in [2.24, 2.45) is 0 Å². The molecule has 1 N–H and O–H groups in total. The number of methoxy groups -OCH3 is 1. The highest BCUT2D eigenvalue weighted by Crippen LogP contribution is 2.35. The molecule has 2 aliphatic heterocycles. The van der Waals surface area contributed by atoms with E-state index in [0.29, 0.717) is 18.1 Å². The average Bonchev–Trinajstić information content (AvgIpc) is 2.36. The quantitative estimate of drug-likeness (QED) is 0.773. The van der Waals surface area contributed by atoms with Gasteiger partial charge in [-0.25, -0.2) is 0 Å². The van der Waals surface area contributed by atoms with Gasteiger partial charge in [-0.1, -0.05) is 13.3 Å². The molecule has 2 rings (SSSR count). The Hall–Kier alpha value is -0.610. The Morgan fingerprint density at radius 1 is 1.39 bits per heavy atom. The maximum Gasteiger partial charge on any atom is 0.322 e. The van der Waals surface area contributed by atoms with E-state index in [1.54, 1.807) is 0 Å². The standard InChI is InChI=1S/C14H26N2O2/c1-4-15-11-8-12-6-5-7-13(9-11)16(12)10(2)14(17)18-3/h10-13,15H,4-9H2,1-3H3. The number of ether oxygens (including phenoxy) is 1. The summed E-state index contributed by atoms with van der Waals surface area (Å²) in [5.74, 6) is -0.0891. The van der Waals surface area contributed by atoms with E-state index in [2.05, 4.69) is 17.1 Å². The summed E-state index contributed by atoms with van der Waals surface area (Å²) >= 11 is 0. The van der Waals surface area contributed by atoms with Gasteiger partial charge in [0.25, 0.3) is 0 Å². The predicted octanol–water partition coefficient (Wildman–Crippen LogP) is 1.54. The molecule has 0 aromatic carbocycles. The molecule has 0 aliphatic carbocycles. The largest absolute Gasteiger partial charge is 0.468 e. The third kappa shape index (κ3) is 2.69. The molecule has 0 saturated carbocycles. The van der Waals surface area contributed by atoms with Crippen molar-refractivity contribution in [1.29, 1.82) is 0 Å². The lowest BCUT2D eigenvalue weighted by molar-refractivity contribution is -0.151. The first-order valence-electron chi connectivity index (χ1n) is 7.26. The van der Waals surface area contributed by atoms with Gasteiger partial charge in [0.05, 0.1) is 7.11 Å². The molecule has 104 valence electrons. The molecule has 0 amide bonds. The van der Waals surface area contributed by atoms with Crippen molar-refractivity contribution in [3.05, 3.63) is 0 Å². The summed E-state index contributed by atoms with van der Waals surface area (Å²) in [7, 11) is 1.49. The number of carbonyl (C=O) groups is 1. The van der Waals surface area contributed by atoms with E-state index in [0.717, 1.165) is 6.54 Å². The molecule has 4 nitrogen and oxygen atoms in total. The first-order valence-corrected chi connectivity index (χ1v) is 7.26. The summed E-state index contributed by atoms with van der Waals surface area (Å²) in [4.78, 5) is 14.2. The van der Waals surface area contributed by atoms with Gasteiger partial charge in [-0.05, 0) is 39.2 Å². The molecule has 3 atom stereocenters. The molecule has 2 heterocycles. The summed E-state index contributed by atoms with van der Waals surface area (Å²) in [5, 5.41) is 3.57. The second-order valence-corrected chi connectivity index (χ2v) is 5.61. The highest BCUT2D eigenvalue weighted by Gasteiger charge is 2.42. The van der Waals surface area contributed by atoms with Crippen molar-refractivity contribution >= 4 is 5.97 Å². The fraction of sp³-hybridized carbons (Fsp3) is 0.929. The molecule has 0 spiro atoms. The lowest BCUT2D eigenvalue weighted by Crippen LogP contribution is -2.60. The lowest BCUT2D eigenvalue weighted by Gasteiger charge is -2.50. The van der Waals surface area contributed by atoms with Crippen molar-refractivity contribution in [2.45, 2.75) is 70.1 Å². The number of carbonyl (C=O) groups excluding carboxylic acids is 1. The van der Waals surface area contributed by atoms with Crippen LogP contribution in [0.25, 0.3) is 0 Å². The van der Waals surface area contributed by atoms with Gasteiger partial charge in [-0.3, -0.25) is 9.69 Å². The number of fused-ring (bicyclic) bond motifs is 2. The molecular weight excluding hydrogens is 228 g/mol. The molecule has 2 aliphatic rings. The minimum Gasteiger partial charge on any atom is -0.468 e. The van der Waals surface area contributed by atoms with Crippen molar-refractivity contribution < 1.29 is 9.53 Å². The number of esters is 1. The highest BCUT2D eigenvalue weighted by atomic mass is 16.5. The molecule has 18 heavy (non-hydrogen) atoms. The van der Waals surface area contributed by atoms with Gasteiger partial charge in [0, 0.05) is 18.1 Å². The van der Waals surface area contributed by atoms with Crippen LogP contribution in [0, 0.1) is 0 Å². The summed E-state index contributed by atoms with van der Waals surface area (Å²) in [6, 6.07) is 1.64. The molecule has 2 bridgehead atoms. The Kier molecular flexibility index (Phi) is 4.62. The van der Waals surface area contributed by atoms with E-state index in [-0.39, 0.29) is 12.0 Å². The lowest BCUT2D eigenvalue weighted by atomic mass is 9.80. The minimum absolute atomic E-state index is 0.0891. The van der Waals surface area contributed by atoms with E-state index < -0.39 is 0 Å². The van der Waals surface area contributed by atoms with Crippen LogP contribution in [-0.2, 0) is 9.53 Å². The van der Waals surface area contributed by atoms with Gasteiger partial charge in [0.2, 0.25) is 0 Å². The van der Waals surface area contributed by atoms with Crippen LogP contribution in [0.15, 0.2) is 0 Å². The predicted molar refractivity (Wildman–Crippen MR) is 71.4 cm³/mol. The summed E-state index contributed by atoms with van der Waals surface area (Å²) in [6.45, 7) is 5.20. The first-order chi connectivity index (χ1) is 8.67. The molecule has 4 heteroatoms. The molecule has 3 unspecified atom stereocenters. The zero-order chi connectivity index (χ0) is 13.1. The Bertz CT molecular complexity index is 282. The van der Waals surface area contributed by atoms with Crippen molar-refractivity contribution in [2.75, 3.05) is 13.7 Å². The van der Waals surface area contributed by atoms with Crippen LogP contribution in [0.2, 0.25) is 0 Å². The number of hydrogen-bond donors (Lipinski definition) is 1. The highest BCUT2D eigenvalue weighted by molar-refractivity contribution is 5.75. The Morgan fingerprint density at radius 3 is 2.50 bits per heavy atom. The van der Waals surface area contributed by atoms with Gasteiger partial charge in [-0.2, -0.15) is 0 Å². The van der Waals surface area contributed by atoms with Crippen LogP contribution < -0.4 is 5.32 Å². The Balaban J connectivity index is 2.06. The van der Waals surface area contributed by atoms with Crippen LogP contribution in [0.4, 0.5) is 0 Å². The monoisotopic (exact) mass is 254 g/mol. The van der Waals surface area contributed by atoms with Gasteiger partial charge >= 0.3 is 5.97 Å². The summed E-state index contributed by atoms with van der Waals surface area (Å²) < 4.78 is 4.91. The topological polar surface area (TPSA) is 41.6 Å². The molecule has 2 fully saturated rings. The van der Waals surface area contributed by atoms with Gasteiger partial charge < -0.3 is 10.1 Å². The Morgan fingerprint density at radius 2 is 2.00 bits per heavy atom. The van der Waals surface area contributed by atoms with E-state index in [1.165, 1.54) is 39.2 Å². The van der Waals surface area contributed by atoms with E-state index in [1.807, 2.05) is 6.92 Å². The second-order valence-electron chi connectivity index (χ2n) is 5.61. The molecule has 0 aromatic rings. The number of piperidine rings is 2. The van der Waals surface area contributed by atoms with Crippen molar-refractivity contribution in [1.82, 2.24) is 10.2 Å². The number of rotatable bonds is 4. The first kappa shape index (κ1) is 13.8. The zero-order valence-electron chi connectivity index (χ0n) is 11.8. The molecule has 2 saturated heterocycles. The van der Waals surface area contributed by atoms with Crippen LogP contribution in [0.5, 0.6) is 0 Å². The van der Waals surface area contributed by atoms with E-state index in [4.69, 9.17) is 4.74 Å². The normalized spacial score (nSPS) is 34.1. The number of hydrogen-bond acceptors (Lipinski definition) is 4. The maximum absolute atomic E-state index is 11.8. The third-order valence-corrected chi connectivity index (χ3v) is 4.51. The van der Waals surface area contributed by atoms with Crippen molar-refractivity contribution in [3.63, 3.8) is 0 Å². The van der Waals surface area contributed by atoms with Crippen LogP contribution in [0.1, 0.15) is 46.0 Å². The maximum atomic E-state index is 11.8. The van der Waals surface area contributed by atoms with Crippen LogP contribution in [0.3, 0.4) is 0 Å². The number of nitrogens with zero attached hydrogens (tertiary/aromatic N) is 1. The van der Waals surface area contributed by atoms with Gasteiger partial charge in [0.1, 0.15) is 6.04 Å². The Labute approximate surface area is 110 Å². The minimum atomic E-state index is -0.0899. The van der Waals surface area contributed by atoms with E-state index in [9.17, 15) is 4.79 Å². The number of nitrogens with one attached hydrogen (secondary N) is 1. The van der Waals surface area contributed by atoms with Crippen LogP contribution in [-0.4, -0.2) is 48.7 Å². The second kappa shape index (κ2) is 6.02. The van der Waals surface area contributed by atoms with Crippen LogP contribution >= 0.6 is 0 Å².